The normalized spacial score (nSPS) is 21.7. The predicted octanol–water partition coefficient (Wildman–Crippen LogP) is 3.08. The van der Waals surface area contributed by atoms with Gasteiger partial charge in [-0.2, -0.15) is 10.9 Å². The van der Waals surface area contributed by atoms with E-state index in [1.807, 2.05) is 17.6 Å². The van der Waals surface area contributed by atoms with E-state index in [4.69, 9.17) is 9.47 Å². The Morgan fingerprint density at radius 1 is 1.15 bits per heavy atom. The molecule has 0 aliphatic carbocycles. The van der Waals surface area contributed by atoms with Crippen LogP contribution in [0.25, 0.3) is 0 Å². The standard InChI is InChI=1S/C14H14O4S2/c1-8(15)10-4-3-7-20(10)14-12-11(17-5-6-18-12)13(19-14)9(2)16/h3-4,7,20H,5-6H2,1-2H3. The summed E-state index contributed by atoms with van der Waals surface area (Å²) >= 11 is 1.39. The molecule has 20 heavy (non-hydrogen) atoms. The monoisotopic (exact) mass is 310 g/mol. The number of carbonyl (C=O) groups excluding carboxylic acids is 2. The topological polar surface area (TPSA) is 52.6 Å². The Labute approximate surface area is 123 Å². The Kier molecular flexibility index (Phi) is 3.43. The number of fused-ring (bicyclic) bond motifs is 1. The van der Waals surface area contributed by atoms with Crippen LogP contribution in [0.2, 0.25) is 0 Å². The van der Waals surface area contributed by atoms with Crippen LogP contribution in [0.1, 0.15) is 23.5 Å². The summed E-state index contributed by atoms with van der Waals surface area (Å²) in [7, 11) is -0.869. The molecular weight excluding hydrogens is 296 g/mol. The molecule has 0 saturated heterocycles. The number of ketones is 2. The highest BCUT2D eigenvalue weighted by Crippen LogP contribution is 2.60. The molecule has 1 aromatic rings. The van der Waals surface area contributed by atoms with Crippen molar-refractivity contribution in [1.82, 2.24) is 0 Å². The first-order valence-corrected chi connectivity index (χ1v) is 8.44. The van der Waals surface area contributed by atoms with E-state index in [0.717, 1.165) is 9.11 Å². The van der Waals surface area contributed by atoms with Gasteiger partial charge < -0.3 is 9.47 Å². The molecule has 106 valence electrons. The summed E-state index contributed by atoms with van der Waals surface area (Å²) in [5.74, 6) is 1.23. The Morgan fingerprint density at radius 3 is 2.50 bits per heavy atom. The van der Waals surface area contributed by atoms with E-state index in [2.05, 4.69) is 0 Å². The van der Waals surface area contributed by atoms with Crippen molar-refractivity contribution >= 4 is 33.8 Å². The van der Waals surface area contributed by atoms with Crippen LogP contribution in [0.15, 0.2) is 26.7 Å². The second kappa shape index (κ2) is 5.10. The van der Waals surface area contributed by atoms with Crippen molar-refractivity contribution in [2.24, 2.45) is 0 Å². The number of hydrogen-bond donors (Lipinski definition) is 1. The Morgan fingerprint density at radius 2 is 1.85 bits per heavy atom. The van der Waals surface area contributed by atoms with Crippen LogP contribution in [0.3, 0.4) is 0 Å². The van der Waals surface area contributed by atoms with Crippen LogP contribution in [0.5, 0.6) is 11.5 Å². The number of rotatable bonds is 3. The van der Waals surface area contributed by atoms with Crippen LogP contribution in [-0.2, 0) is 4.79 Å². The van der Waals surface area contributed by atoms with Crippen molar-refractivity contribution in [3.05, 3.63) is 27.3 Å². The fourth-order valence-electron chi connectivity index (χ4n) is 2.17. The number of hydrogen-bond acceptors (Lipinski definition) is 5. The van der Waals surface area contributed by atoms with Crippen LogP contribution in [-0.4, -0.2) is 24.8 Å². The summed E-state index contributed by atoms with van der Waals surface area (Å²) in [6.07, 6.45) is 3.74. The molecule has 2 aliphatic heterocycles. The summed E-state index contributed by atoms with van der Waals surface area (Å²) in [6, 6.07) is 0. The Bertz CT molecular complexity index is 654. The highest BCUT2D eigenvalue weighted by molar-refractivity contribution is 8.25. The highest BCUT2D eigenvalue weighted by atomic mass is 32.2. The van der Waals surface area contributed by atoms with Crippen LogP contribution >= 0.6 is 22.2 Å². The largest absolute Gasteiger partial charge is 0.484 e. The van der Waals surface area contributed by atoms with Crippen molar-refractivity contribution in [3.63, 3.8) is 0 Å². The zero-order valence-electron chi connectivity index (χ0n) is 11.1. The van der Waals surface area contributed by atoms with Crippen molar-refractivity contribution in [2.75, 3.05) is 13.2 Å². The molecule has 1 aromatic heterocycles. The molecule has 0 spiro atoms. The minimum atomic E-state index is -0.869. The lowest BCUT2D eigenvalue weighted by molar-refractivity contribution is -0.112. The quantitative estimate of drug-likeness (QED) is 0.688. The van der Waals surface area contributed by atoms with Gasteiger partial charge in [0.25, 0.3) is 0 Å². The van der Waals surface area contributed by atoms with E-state index in [0.29, 0.717) is 29.6 Å². The maximum absolute atomic E-state index is 11.7. The Balaban J connectivity index is 2.11. The zero-order valence-corrected chi connectivity index (χ0v) is 12.8. The van der Waals surface area contributed by atoms with Crippen molar-refractivity contribution in [3.8, 4) is 11.5 Å². The highest BCUT2D eigenvalue weighted by Gasteiger charge is 2.31. The summed E-state index contributed by atoms with van der Waals surface area (Å²) < 4.78 is 12.2. The molecule has 1 atom stereocenters. The third-order valence-corrected chi connectivity index (χ3v) is 7.04. The summed E-state index contributed by atoms with van der Waals surface area (Å²) in [5.41, 5.74) is 0. The third kappa shape index (κ3) is 2.09. The first kappa shape index (κ1) is 13.5. The molecule has 0 aromatic carbocycles. The van der Waals surface area contributed by atoms with E-state index in [1.165, 1.54) is 18.3 Å². The van der Waals surface area contributed by atoms with Crippen molar-refractivity contribution in [2.45, 2.75) is 18.1 Å². The second-order valence-corrected chi connectivity index (χ2v) is 7.76. The molecule has 0 N–H and O–H groups in total. The molecule has 4 nitrogen and oxygen atoms in total. The smallest absolute Gasteiger partial charge is 0.185 e. The average Bonchev–Trinajstić information content (AvgIpc) is 3.02. The van der Waals surface area contributed by atoms with Crippen molar-refractivity contribution < 1.29 is 19.1 Å². The number of carbonyl (C=O) groups is 2. The number of thiophene rings is 1. The summed E-state index contributed by atoms with van der Waals surface area (Å²) in [5, 5.41) is 2.01. The molecule has 3 heterocycles. The molecule has 2 aliphatic rings. The van der Waals surface area contributed by atoms with E-state index < -0.39 is 10.9 Å². The first-order chi connectivity index (χ1) is 9.59. The third-order valence-electron chi connectivity index (χ3n) is 3.03. The van der Waals surface area contributed by atoms with Gasteiger partial charge in [0.15, 0.2) is 23.1 Å². The number of allylic oxidation sites excluding steroid dienone is 3. The molecule has 3 rings (SSSR count). The lowest BCUT2D eigenvalue weighted by atomic mass is 10.3. The van der Waals surface area contributed by atoms with Gasteiger partial charge in [0.2, 0.25) is 0 Å². The molecule has 0 fully saturated rings. The lowest BCUT2D eigenvalue weighted by Crippen LogP contribution is -2.15. The molecule has 1 unspecified atom stereocenters. The van der Waals surface area contributed by atoms with E-state index >= 15 is 0 Å². The lowest BCUT2D eigenvalue weighted by Gasteiger charge is -2.20. The van der Waals surface area contributed by atoms with Gasteiger partial charge >= 0.3 is 0 Å². The first-order valence-electron chi connectivity index (χ1n) is 6.21. The maximum atomic E-state index is 11.7. The maximum Gasteiger partial charge on any atom is 0.185 e. The summed E-state index contributed by atoms with van der Waals surface area (Å²) in [6.45, 7) is 4.01. The number of thiol groups is 1. The van der Waals surface area contributed by atoms with Gasteiger partial charge in [0, 0.05) is 11.8 Å². The second-order valence-electron chi connectivity index (χ2n) is 4.47. The molecule has 6 heteroatoms. The van der Waals surface area contributed by atoms with Crippen LogP contribution in [0, 0.1) is 0 Å². The number of ether oxygens (including phenoxy) is 2. The zero-order chi connectivity index (χ0) is 14.3. The molecule has 0 radical (unpaired) electrons. The van der Waals surface area contributed by atoms with Crippen molar-refractivity contribution in [1.29, 1.82) is 0 Å². The molecular formula is C14H14O4S2. The van der Waals surface area contributed by atoms with E-state index in [9.17, 15) is 9.59 Å². The minimum absolute atomic E-state index is 0.0328. The molecule has 0 bridgehead atoms. The van der Waals surface area contributed by atoms with Crippen LogP contribution in [0.4, 0.5) is 0 Å². The van der Waals surface area contributed by atoms with Gasteiger partial charge in [-0.25, -0.2) is 0 Å². The van der Waals surface area contributed by atoms with Gasteiger partial charge in [-0.15, -0.1) is 11.3 Å². The van der Waals surface area contributed by atoms with Gasteiger partial charge in [-0.1, -0.05) is 6.08 Å². The minimum Gasteiger partial charge on any atom is -0.484 e. The van der Waals surface area contributed by atoms with Gasteiger partial charge in [-0.05, 0) is 18.4 Å². The molecule has 0 amide bonds. The van der Waals surface area contributed by atoms with E-state index in [1.54, 1.807) is 6.92 Å². The average molecular weight is 310 g/mol. The van der Waals surface area contributed by atoms with Gasteiger partial charge in [0.05, 0.1) is 4.21 Å². The van der Waals surface area contributed by atoms with Crippen LogP contribution < -0.4 is 9.47 Å². The van der Waals surface area contributed by atoms with E-state index in [-0.39, 0.29) is 11.6 Å². The molecule has 0 saturated carbocycles. The number of Topliss-reactive ketones (excluding diaryl/α,β-unsaturated/α-hetero) is 2. The SMILES string of the molecule is CC(=O)C1=CC=C[SH]1c1sc(C(C)=O)c2c1OCCO2. The fraction of sp³-hybridized carbons (Fsp3) is 0.286. The predicted molar refractivity (Wildman–Crippen MR) is 80.5 cm³/mol. The van der Waals surface area contributed by atoms with Gasteiger partial charge in [0.1, 0.15) is 18.1 Å². The summed E-state index contributed by atoms with van der Waals surface area (Å²) in [4.78, 5) is 24.8. The Hall–Kier alpha value is -1.53. The fourth-order valence-corrected chi connectivity index (χ4v) is 5.89. The van der Waals surface area contributed by atoms with Gasteiger partial charge in [-0.3, -0.25) is 9.59 Å².